The summed E-state index contributed by atoms with van der Waals surface area (Å²) >= 11 is 6.13. The highest BCUT2D eigenvalue weighted by Crippen LogP contribution is 2.31. The number of hydrogen-bond acceptors (Lipinski definition) is 4. The van der Waals surface area contributed by atoms with Crippen LogP contribution in [0.5, 0.6) is 0 Å². The van der Waals surface area contributed by atoms with Crippen LogP contribution in [-0.4, -0.2) is 35.6 Å². The van der Waals surface area contributed by atoms with E-state index in [2.05, 4.69) is 10.3 Å². The first kappa shape index (κ1) is 19.9. The molecule has 150 valence electrons. The number of amides is 2. The highest BCUT2D eigenvalue weighted by Gasteiger charge is 2.30. The fourth-order valence-corrected chi connectivity index (χ4v) is 3.91. The third-order valence-electron chi connectivity index (χ3n) is 5.22. The molecular weight excluding hydrogens is 400 g/mol. The van der Waals surface area contributed by atoms with Crippen LogP contribution in [0.1, 0.15) is 40.7 Å². The maximum Gasteiger partial charge on any atom is 0.266 e. The second-order valence-electron chi connectivity index (χ2n) is 7.13. The van der Waals surface area contributed by atoms with Crippen molar-refractivity contribution in [3.05, 3.63) is 75.8 Å². The van der Waals surface area contributed by atoms with Gasteiger partial charge in [-0.2, -0.15) is 5.26 Å². The molecule has 30 heavy (non-hydrogen) atoms. The molecule has 0 radical (unpaired) electrons. The van der Waals surface area contributed by atoms with Crippen molar-refractivity contribution >= 4 is 34.9 Å². The molecule has 7 heteroatoms. The third-order valence-corrected chi connectivity index (χ3v) is 5.55. The number of hydrogen-bond donors (Lipinski definition) is 1. The summed E-state index contributed by atoms with van der Waals surface area (Å²) in [6, 6.07) is 16.0. The molecule has 0 bridgehead atoms. The molecule has 1 N–H and O–H groups in total. The molecule has 0 unspecified atom stereocenters. The highest BCUT2D eigenvalue weighted by molar-refractivity contribution is 6.34. The average Bonchev–Trinajstić information content (AvgIpc) is 3.13. The lowest BCUT2D eigenvalue weighted by Gasteiger charge is -2.26. The largest absolute Gasteiger partial charge is 0.338 e. The van der Waals surface area contributed by atoms with Crippen LogP contribution in [0, 0.1) is 11.3 Å². The molecule has 0 aromatic heterocycles. The summed E-state index contributed by atoms with van der Waals surface area (Å²) in [5.41, 5.74) is 1.91. The highest BCUT2D eigenvalue weighted by atomic mass is 35.5. The minimum atomic E-state index is -0.406. The predicted molar refractivity (Wildman–Crippen MR) is 115 cm³/mol. The lowest BCUT2D eigenvalue weighted by molar-refractivity contribution is -0.127. The second-order valence-corrected chi connectivity index (χ2v) is 7.54. The summed E-state index contributed by atoms with van der Waals surface area (Å²) in [4.78, 5) is 31.9. The van der Waals surface area contributed by atoms with E-state index < -0.39 is 5.91 Å². The van der Waals surface area contributed by atoms with Gasteiger partial charge in [-0.05, 0) is 31.4 Å². The topological polar surface area (TPSA) is 85.6 Å². The van der Waals surface area contributed by atoms with Gasteiger partial charge in [0, 0.05) is 24.2 Å². The molecule has 4 rings (SSSR count). The summed E-state index contributed by atoms with van der Waals surface area (Å²) in [5.74, 6) is -0.426. The zero-order valence-corrected chi connectivity index (χ0v) is 16.9. The van der Waals surface area contributed by atoms with Crippen molar-refractivity contribution in [2.24, 2.45) is 4.99 Å². The van der Waals surface area contributed by atoms with Crippen molar-refractivity contribution in [2.75, 3.05) is 13.1 Å². The number of carbonyl (C=O) groups excluding carboxylic acids is 2. The van der Waals surface area contributed by atoms with E-state index in [-0.39, 0.29) is 17.2 Å². The van der Waals surface area contributed by atoms with Crippen LogP contribution >= 0.6 is 11.6 Å². The number of nitrogens with zero attached hydrogens (tertiary/aromatic N) is 3. The maximum atomic E-state index is 13.0. The number of halogens is 1. The molecule has 0 aliphatic carbocycles. The Morgan fingerprint density at radius 3 is 2.37 bits per heavy atom. The van der Waals surface area contributed by atoms with E-state index >= 15 is 0 Å². The number of fused-ring (bicyclic) bond motifs is 1. The van der Waals surface area contributed by atoms with Crippen LogP contribution in [0.4, 0.5) is 0 Å². The van der Waals surface area contributed by atoms with Crippen molar-refractivity contribution < 1.29 is 9.59 Å². The van der Waals surface area contributed by atoms with Crippen molar-refractivity contribution in [3.63, 3.8) is 0 Å². The molecule has 1 saturated heterocycles. The van der Waals surface area contributed by atoms with Crippen LogP contribution in [0.15, 0.2) is 59.1 Å². The maximum absolute atomic E-state index is 13.0. The van der Waals surface area contributed by atoms with Crippen LogP contribution < -0.4 is 5.32 Å². The number of rotatable bonds is 2. The first-order valence-corrected chi connectivity index (χ1v) is 10.2. The van der Waals surface area contributed by atoms with Gasteiger partial charge in [-0.3, -0.25) is 9.59 Å². The molecule has 6 nitrogen and oxygen atoms in total. The second kappa shape index (κ2) is 8.52. The van der Waals surface area contributed by atoms with Gasteiger partial charge in [-0.25, -0.2) is 4.99 Å². The zero-order valence-electron chi connectivity index (χ0n) is 16.2. The Labute approximate surface area is 179 Å². The molecule has 1 fully saturated rings. The summed E-state index contributed by atoms with van der Waals surface area (Å²) in [6.45, 7) is 1.28. The van der Waals surface area contributed by atoms with Gasteiger partial charge in [0.25, 0.3) is 11.8 Å². The summed E-state index contributed by atoms with van der Waals surface area (Å²) < 4.78 is 0. The van der Waals surface area contributed by atoms with Gasteiger partial charge in [0.2, 0.25) is 0 Å². The first-order chi connectivity index (χ1) is 14.6. The average molecular weight is 419 g/mol. The fraction of sp³-hybridized carbons (Fsp3) is 0.217. The van der Waals surface area contributed by atoms with E-state index in [0.29, 0.717) is 40.6 Å². The third kappa shape index (κ3) is 3.72. The Balaban J connectivity index is 1.72. The van der Waals surface area contributed by atoms with Crippen molar-refractivity contribution in [1.82, 2.24) is 10.2 Å². The predicted octanol–water partition coefficient (Wildman–Crippen LogP) is 3.78. The molecule has 0 spiro atoms. The summed E-state index contributed by atoms with van der Waals surface area (Å²) in [6.07, 6.45) is 2.94. The van der Waals surface area contributed by atoms with Crippen molar-refractivity contribution in [3.8, 4) is 6.07 Å². The van der Waals surface area contributed by atoms with Crippen molar-refractivity contribution in [2.45, 2.75) is 19.3 Å². The first-order valence-electron chi connectivity index (χ1n) is 9.78. The Hall–Kier alpha value is -3.43. The molecule has 2 aromatic rings. The quantitative estimate of drug-likeness (QED) is 0.594. The van der Waals surface area contributed by atoms with Crippen LogP contribution in [-0.2, 0) is 4.79 Å². The lowest BCUT2D eigenvalue weighted by Crippen LogP contribution is -2.36. The number of piperidine rings is 1. The smallest absolute Gasteiger partial charge is 0.266 e. The number of carbonyl (C=O) groups is 2. The zero-order chi connectivity index (χ0) is 21.1. The van der Waals surface area contributed by atoms with Crippen LogP contribution in [0.2, 0.25) is 5.02 Å². The summed E-state index contributed by atoms with van der Waals surface area (Å²) in [5, 5.41) is 12.9. The Bertz CT molecular complexity index is 1120. The number of amidine groups is 1. The number of benzene rings is 2. The van der Waals surface area contributed by atoms with Gasteiger partial charge in [0.1, 0.15) is 17.5 Å². The number of aliphatic imine (C=N–C) groups is 1. The Morgan fingerprint density at radius 1 is 1.00 bits per heavy atom. The van der Waals surface area contributed by atoms with E-state index in [9.17, 15) is 14.9 Å². The molecule has 0 atom stereocenters. The Morgan fingerprint density at radius 2 is 1.67 bits per heavy atom. The van der Waals surface area contributed by atoms with E-state index in [4.69, 9.17) is 11.6 Å². The van der Waals surface area contributed by atoms with Crippen molar-refractivity contribution in [1.29, 1.82) is 5.26 Å². The number of nitriles is 1. The number of likely N-dealkylation sites (tertiary alicyclic amines) is 1. The lowest BCUT2D eigenvalue weighted by atomic mass is 10.0. The van der Waals surface area contributed by atoms with Crippen LogP contribution in [0.3, 0.4) is 0 Å². The fourth-order valence-electron chi connectivity index (χ4n) is 3.69. The molecule has 2 aliphatic rings. The van der Waals surface area contributed by atoms with Gasteiger partial charge >= 0.3 is 0 Å². The minimum absolute atomic E-state index is 0.00802. The molecule has 2 amide bonds. The molecule has 2 aliphatic heterocycles. The van der Waals surface area contributed by atoms with E-state index in [1.54, 1.807) is 41.3 Å². The van der Waals surface area contributed by atoms with E-state index in [1.807, 2.05) is 18.2 Å². The van der Waals surface area contributed by atoms with Crippen LogP contribution in [0.25, 0.3) is 5.70 Å². The SMILES string of the molecule is N#C/C(C(=O)N1CCCCC1)=C1\N=C(NC(=O)c2ccccc2Cl)c2ccccc21. The Kier molecular flexibility index (Phi) is 5.64. The minimum Gasteiger partial charge on any atom is -0.338 e. The van der Waals surface area contributed by atoms with E-state index in [1.165, 1.54) is 0 Å². The van der Waals surface area contributed by atoms with Gasteiger partial charge < -0.3 is 10.2 Å². The van der Waals surface area contributed by atoms with E-state index in [0.717, 1.165) is 19.3 Å². The van der Waals surface area contributed by atoms with Gasteiger partial charge in [0.05, 0.1) is 16.3 Å². The normalized spacial score (nSPS) is 16.9. The summed E-state index contributed by atoms with van der Waals surface area (Å²) in [7, 11) is 0. The standard InChI is InChI=1S/C23H19ClN4O2/c24-19-11-5-4-10-17(19)22(29)27-21-16-9-3-2-8-15(16)20(26-21)18(14-25)23(30)28-12-6-1-7-13-28/h2-5,8-11H,1,6-7,12-13H2,(H,26,27,29)/b20-18+. The monoisotopic (exact) mass is 418 g/mol. The molecule has 0 saturated carbocycles. The molecule has 2 heterocycles. The van der Waals surface area contributed by atoms with Gasteiger partial charge in [-0.15, -0.1) is 0 Å². The van der Waals surface area contributed by atoms with Gasteiger partial charge in [-0.1, -0.05) is 48.0 Å². The molecular formula is C23H19ClN4O2. The molecule has 2 aromatic carbocycles. The van der Waals surface area contributed by atoms with Gasteiger partial charge in [0.15, 0.2) is 0 Å². The number of nitrogens with one attached hydrogen (secondary N) is 1.